The third kappa shape index (κ3) is 2.01. The normalized spacial score (nSPS) is 19.1. The summed E-state index contributed by atoms with van der Waals surface area (Å²) in [6.07, 6.45) is 2.42. The minimum atomic E-state index is 0.167. The van der Waals surface area contributed by atoms with Gasteiger partial charge in [0.25, 0.3) is 0 Å². The quantitative estimate of drug-likeness (QED) is 0.769. The van der Waals surface area contributed by atoms with Gasteiger partial charge in [-0.15, -0.1) is 6.58 Å². The van der Waals surface area contributed by atoms with Gasteiger partial charge in [-0.3, -0.25) is 9.78 Å². The van der Waals surface area contributed by atoms with Crippen molar-refractivity contribution in [1.82, 2.24) is 4.98 Å². The van der Waals surface area contributed by atoms with E-state index in [1.165, 1.54) is 0 Å². The van der Waals surface area contributed by atoms with Crippen molar-refractivity contribution in [2.24, 2.45) is 5.92 Å². The van der Waals surface area contributed by atoms with Gasteiger partial charge in [0.1, 0.15) is 0 Å². The molecule has 0 N–H and O–H groups in total. The molecule has 1 amide bonds. The summed E-state index contributed by atoms with van der Waals surface area (Å²) in [5.41, 5.74) is 2.84. The molecule has 96 valence electrons. The molecule has 1 atom stereocenters. The van der Waals surface area contributed by atoms with Gasteiger partial charge in [-0.25, -0.2) is 0 Å². The molecular weight excluding hydrogens is 236 g/mol. The number of fused-ring (bicyclic) bond motifs is 1. The number of aromatic nitrogens is 1. The molecule has 1 fully saturated rings. The maximum Gasteiger partial charge on any atom is 0.227 e. The van der Waals surface area contributed by atoms with E-state index in [0.717, 1.165) is 28.8 Å². The van der Waals surface area contributed by atoms with Crippen LogP contribution in [0.25, 0.3) is 10.9 Å². The van der Waals surface area contributed by atoms with Crippen LogP contribution in [0.5, 0.6) is 0 Å². The highest BCUT2D eigenvalue weighted by Crippen LogP contribution is 2.31. The van der Waals surface area contributed by atoms with Gasteiger partial charge in [0.2, 0.25) is 5.91 Å². The molecule has 1 unspecified atom stereocenters. The van der Waals surface area contributed by atoms with Crippen molar-refractivity contribution in [2.75, 3.05) is 11.4 Å². The van der Waals surface area contributed by atoms with Crippen LogP contribution in [-0.4, -0.2) is 17.4 Å². The van der Waals surface area contributed by atoms with Gasteiger partial charge in [0, 0.05) is 30.0 Å². The summed E-state index contributed by atoms with van der Waals surface area (Å²) >= 11 is 0. The summed E-state index contributed by atoms with van der Waals surface area (Å²) in [5, 5.41) is 1.03. The number of pyridine rings is 1. The summed E-state index contributed by atoms with van der Waals surface area (Å²) in [7, 11) is 0. The van der Waals surface area contributed by atoms with Crippen LogP contribution in [-0.2, 0) is 4.79 Å². The molecule has 1 saturated heterocycles. The first-order valence-electron chi connectivity index (χ1n) is 6.48. The minimum Gasteiger partial charge on any atom is -0.311 e. The van der Waals surface area contributed by atoms with Gasteiger partial charge in [-0.2, -0.15) is 0 Å². The molecule has 1 aliphatic rings. The first-order valence-corrected chi connectivity index (χ1v) is 6.48. The Kier molecular flexibility index (Phi) is 2.82. The van der Waals surface area contributed by atoms with Crippen LogP contribution in [0.4, 0.5) is 5.69 Å². The number of amides is 1. The predicted octanol–water partition coefficient (Wildman–Crippen LogP) is 3.08. The number of hydrogen-bond donors (Lipinski definition) is 0. The van der Waals surface area contributed by atoms with E-state index >= 15 is 0 Å². The van der Waals surface area contributed by atoms with E-state index in [4.69, 9.17) is 0 Å². The van der Waals surface area contributed by atoms with E-state index < -0.39 is 0 Å². The molecule has 3 rings (SSSR count). The largest absolute Gasteiger partial charge is 0.311 e. The number of nitrogens with zero attached hydrogens (tertiary/aromatic N) is 2. The Morgan fingerprint density at radius 1 is 1.42 bits per heavy atom. The maximum atomic E-state index is 12.2. The molecule has 2 heterocycles. The van der Waals surface area contributed by atoms with Crippen molar-refractivity contribution < 1.29 is 4.79 Å². The van der Waals surface area contributed by atoms with Crippen molar-refractivity contribution >= 4 is 22.5 Å². The van der Waals surface area contributed by atoms with Gasteiger partial charge >= 0.3 is 0 Å². The van der Waals surface area contributed by atoms with Gasteiger partial charge in [-0.1, -0.05) is 24.3 Å². The first kappa shape index (κ1) is 11.9. The van der Waals surface area contributed by atoms with E-state index in [0.29, 0.717) is 6.42 Å². The molecule has 19 heavy (non-hydrogen) atoms. The molecule has 2 aromatic rings. The van der Waals surface area contributed by atoms with Crippen LogP contribution >= 0.6 is 0 Å². The van der Waals surface area contributed by atoms with Gasteiger partial charge in [-0.05, 0) is 19.1 Å². The molecule has 0 bridgehead atoms. The summed E-state index contributed by atoms with van der Waals surface area (Å²) < 4.78 is 0. The SMILES string of the molecule is C=CC1CC(=O)N(c2cc(C)nc3ccccc23)C1. The Hall–Kier alpha value is -2.16. The molecule has 1 aromatic heterocycles. The Morgan fingerprint density at radius 3 is 2.95 bits per heavy atom. The van der Waals surface area contributed by atoms with Crippen molar-refractivity contribution in [3.8, 4) is 0 Å². The Morgan fingerprint density at radius 2 is 2.21 bits per heavy atom. The van der Waals surface area contributed by atoms with Crippen molar-refractivity contribution in [2.45, 2.75) is 13.3 Å². The summed E-state index contributed by atoms with van der Waals surface area (Å²) in [6.45, 7) is 6.47. The van der Waals surface area contributed by atoms with Crippen LogP contribution in [0.1, 0.15) is 12.1 Å². The van der Waals surface area contributed by atoms with Crippen LogP contribution in [0.15, 0.2) is 43.0 Å². The third-order valence-corrected chi connectivity index (χ3v) is 3.60. The van der Waals surface area contributed by atoms with Crippen LogP contribution in [0, 0.1) is 12.8 Å². The molecule has 3 nitrogen and oxygen atoms in total. The van der Waals surface area contributed by atoms with Gasteiger partial charge in [0.05, 0.1) is 11.2 Å². The molecule has 3 heteroatoms. The van der Waals surface area contributed by atoms with Crippen molar-refractivity contribution in [3.63, 3.8) is 0 Å². The molecule has 1 aromatic carbocycles. The Balaban J connectivity index is 2.14. The first-order chi connectivity index (χ1) is 9.19. The van der Waals surface area contributed by atoms with E-state index in [2.05, 4.69) is 11.6 Å². The summed E-state index contributed by atoms with van der Waals surface area (Å²) in [6, 6.07) is 9.94. The van der Waals surface area contributed by atoms with Gasteiger partial charge in [0.15, 0.2) is 0 Å². The van der Waals surface area contributed by atoms with Crippen LogP contribution in [0.2, 0.25) is 0 Å². The van der Waals surface area contributed by atoms with Gasteiger partial charge < -0.3 is 4.90 Å². The fourth-order valence-corrected chi connectivity index (χ4v) is 2.63. The highest BCUT2D eigenvalue weighted by atomic mass is 16.2. The van der Waals surface area contributed by atoms with Crippen molar-refractivity contribution in [3.05, 3.63) is 48.7 Å². The second kappa shape index (κ2) is 4.50. The predicted molar refractivity (Wildman–Crippen MR) is 77.1 cm³/mol. The standard InChI is InChI=1S/C16H16N2O/c1-3-12-9-16(19)18(10-12)15-8-11(2)17-14-7-5-4-6-13(14)15/h3-8,12H,1,9-10H2,2H3. The lowest BCUT2D eigenvalue weighted by Gasteiger charge is -2.19. The van der Waals surface area contributed by atoms with Crippen molar-refractivity contribution in [1.29, 1.82) is 0 Å². The smallest absolute Gasteiger partial charge is 0.227 e. The second-order valence-corrected chi connectivity index (χ2v) is 5.00. The minimum absolute atomic E-state index is 0.167. The lowest BCUT2D eigenvalue weighted by Crippen LogP contribution is -2.24. The zero-order valence-corrected chi connectivity index (χ0v) is 11.0. The number of carbonyl (C=O) groups is 1. The topological polar surface area (TPSA) is 33.2 Å². The number of aryl methyl sites for hydroxylation is 1. The number of carbonyl (C=O) groups excluding carboxylic acids is 1. The average Bonchev–Trinajstić information content (AvgIpc) is 2.79. The van der Waals surface area contributed by atoms with Crippen LogP contribution < -0.4 is 4.90 Å². The highest BCUT2D eigenvalue weighted by molar-refractivity contribution is 6.04. The number of para-hydroxylation sites is 1. The molecule has 1 aliphatic heterocycles. The number of anilines is 1. The zero-order valence-electron chi connectivity index (χ0n) is 11.0. The van der Waals surface area contributed by atoms with E-state index in [1.807, 2.05) is 48.2 Å². The highest BCUT2D eigenvalue weighted by Gasteiger charge is 2.29. The number of benzene rings is 1. The lowest BCUT2D eigenvalue weighted by molar-refractivity contribution is -0.117. The fraction of sp³-hybridized carbons (Fsp3) is 0.250. The molecule has 0 radical (unpaired) electrons. The maximum absolute atomic E-state index is 12.2. The zero-order chi connectivity index (χ0) is 13.4. The number of hydrogen-bond acceptors (Lipinski definition) is 2. The molecule has 0 spiro atoms. The average molecular weight is 252 g/mol. The fourth-order valence-electron chi connectivity index (χ4n) is 2.63. The van der Waals surface area contributed by atoms with E-state index in [9.17, 15) is 4.79 Å². The second-order valence-electron chi connectivity index (χ2n) is 5.00. The third-order valence-electron chi connectivity index (χ3n) is 3.60. The lowest BCUT2D eigenvalue weighted by atomic mass is 10.1. The molecular formula is C16H16N2O. The Labute approximate surface area is 112 Å². The monoisotopic (exact) mass is 252 g/mol. The van der Waals surface area contributed by atoms with Crippen LogP contribution in [0.3, 0.4) is 0 Å². The Bertz CT molecular complexity index is 663. The van der Waals surface area contributed by atoms with E-state index in [-0.39, 0.29) is 11.8 Å². The summed E-state index contributed by atoms with van der Waals surface area (Å²) in [5.74, 6) is 0.417. The number of rotatable bonds is 2. The molecule has 0 aliphatic carbocycles. The summed E-state index contributed by atoms with van der Waals surface area (Å²) in [4.78, 5) is 18.5. The van der Waals surface area contributed by atoms with E-state index in [1.54, 1.807) is 0 Å². The molecule has 0 saturated carbocycles.